The summed E-state index contributed by atoms with van der Waals surface area (Å²) in [5.41, 5.74) is 2.89. The van der Waals surface area contributed by atoms with E-state index in [1.54, 1.807) is 24.5 Å². The van der Waals surface area contributed by atoms with E-state index in [1.807, 2.05) is 18.0 Å². The molecule has 3 nitrogen and oxygen atoms in total. The molecule has 4 heteroatoms. The second kappa shape index (κ2) is 6.18. The summed E-state index contributed by atoms with van der Waals surface area (Å²) in [6.07, 6.45) is 4.66. The number of anilines is 3. The first-order chi connectivity index (χ1) is 9.20. The Labute approximate surface area is 113 Å². The molecule has 100 valence electrons. The molecule has 0 aliphatic rings. The highest BCUT2D eigenvalue weighted by Crippen LogP contribution is 2.24. The van der Waals surface area contributed by atoms with E-state index >= 15 is 0 Å². The summed E-state index contributed by atoms with van der Waals surface area (Å²) in [5.74, 6) is -0.228. The zero-order valence-corrected chi connectivity index (χ0v) is 11.2. The fourth-order valence-electron chi connectivity index (χ4n) is 1.79. The number of aromatic nitrogens is 1. The van der Waals surface area contributed by atoms with Crippen molar-refractivity contribution in [1.82, 2.24) is 4.98 Å². The average molecular weight is 259 g/mol. The van der Waals surface area contributed by atoms with Gasteiger partial charge in [0.25, 0.3) is 0 Å². The van der Waals surface area contributed by atoms with Crippen molar-refractivity contribution in [3.8, 4) is 0 Å². The van der Waals surface area contributed by atoms with Crippen LogP contribution in [-0.4, -0.2) is 18.6 Å². The van der Waals surface area contributed by atoms with E-state index < -0.39 is 0 Å². The van der Waals surface area contributed by atoms with Gasteiger partial charge >= 0.3 is 0 Å². The van der Waals surface area contributed by atoms with Gasteiger partial charge in [0.15, 0.2) is 0 Å². The Morgan fingerprint density at radius 3 is 2.58 bits per heavy atom. The molecule has 2 rings (SSSR count). The average Bonchev–Trinajstić information content (AvgIpc) is 2.45. The number of pyridine rings is 1. The van der Waals surface area contributed by atoms with Gasteiger partial charge in [0.1, 0.15) is 5.82 Å². The molecule has 0 saturated carbocycles. The second-order valence-corrected chi connectivity index (χ2v) is 4.39. The van der Waals surface area contributed by atoms with E-state index in [-0.39, 0.29) is 5.82 Å². The predicted octanol–water partition coefficient (Wildman–Crippen LogP) is 3.81. The zero-order valence-electron chi connectivity index (χ0n) is 11.2. The number of hydrogen-bond acceptors (Lipinski definition) is 3. The molecule has 0 fully saturated rings. The predicted molar refractivity (Wildman–Crippen MR) is 77.5 cm³/mol. The van der Waals surface area contributed by atoms with Gasteiger partial charge in [-0.2, -0.15) is 0 Å². The van der Waals surface area contributed by atoms with Crippen molar-refractivity contribution in [2.45, 2.75) is 13.3 Å². The molecule has 19 heavy (non-hydrogen) atoms. The lowest BCUT2D eigenvalue weighted by atomic mass is 10.2. The van der Waals surface area contributed by atoms with Crippen LogP contribution in [0.4, 0.5) is 21.5 Å². The molecule has 0 spiro atoms. The summed E-state index contributed by atoms with van der Waals surface area (Å²) >= 11 is 0. The van der Waals surface area contributed by atoms with Crippen molar-refractivity contribution in [2.24, 2.45) is 0 Å². The van der Waals surface area contributed by atoms with Gasteiger partial charge < -0.3 is 10.2 Å². The van der Waals surface area contributed by atoms with Crippen molar-refractivity contribution >= 4 is 17.1 Å². The molecule has 0 unspecified atom stereocenters. The molecule has 1 aromatic carbocycles. The van der Waals surface area contributed by atoms with E-state index in [2.05, 4.69) is 17.2 Å². The van der Waals surface area contributed by atoms with Crippen LogP contribution in [0.15, 0.2) is 42.7 Å². The maximum absolute atomic E-state index is 12.9. The van der Waals surface area contributed by atoms with Crippen molar-refractivity contribution in [3.63, 3.8) is 0 Å². The van der Waals surface area contributed by atoms with Crippen molar-refractivity contribution < 1.29 is 4.39 Å². The highest BCUT2D eigenvalue weighted by molar-refractivity contribution is 5.65. The van der Waals surface area contributed by atoms with Gasteiger partial charge in [-0.1, -0.05) is 6.92 Å². The van der Waals surface area contributed by atoms with Gasteiger partial charge in [0, 0.05) is 19.3 Å². The van der Waals surface area contributed by atoms with Crippen molar-refractivity contribution in [3.05, 3.63) is 48.5 Å². The summed E-state index contributed by atoms with van der Waals surface area (Å²) in [4.78, 5) is 6.20. The van der Waals surface area contributed by atoms with Gasteiger partial charge in [-0.25, -0.2) is 4.39 Å². The monoisotopic (exact) mass is 259 g/mol. The largest absolute Gasteiger partial charge is 0.384 e. The van der Waals surface area contributed by atoms with Gasteiger partial charge in [0.2, 0.25) is 0 Å². The molecule has 2 aromatic rings. The molecular formula is C15H18FN3. The minimum Gasteiger partial charge on any atom is -0.384 e. The van der Waals surface area contributed by atoms with Crippen LogP contribution in [0, 0.1) is 5.82 Å². The molecule has 0 bridgehead atoms. The maximum Gasteiger partial charge on any atom is 0.123 e. The van der Waals surface area contributed by atoms with E-state index in [4.69, 9.17) is 0 Å². The molecule has 0 atom stereocenters. The molecule has 0 amide bonds. The highest BCUT2D eigenvalue weighted by atomic mass is 19.1. The smallest absolute Gasteiger partial charge is 0.123 e. The highest BCUT2D eigenvalue weighted by Gasteiger charge is 2.05. The van der Waals surface area contributed by atoms with Crippen molar-refractivity contribution in [1.29, 1.82) is 0 Å². The normalized spacial score (nSPS) is 10.3. The molecule has 1 N–H and O–H groups in total. The molecule has 1 aromatic heterocycles. The van der Waals surface area contributed by atoms with E-state index in [1.165, 1.54) is 12.1 Å². The third kappa shape index (κ3) is 3.44. The Morgan fingerprint density at radius 2 is 1.89 bits per heavy atom. The number of nitrogens with one attached hydrogen (secondary N) is 1. The first-order valence-electron chi connectivity index (χ1n) is 6.39. The lowest BCUT2D eigenvalue weighted by Gasteiger charge is -2.20. The molecular weight excluding hydrogens is 241 g/mol. The maximum atomic E-state index is 12.9. The fraction of sp³-hybridized carbons (Fsp3) is 0.267. The quantitative estimate of drug-likeness (QED) is 0.885. The van der Waals surface area contributed by atoms with Gasteiger partial charge in [0.05, 0.1) is 23.8 Å². The summed E-state index contributed by atoms with van der Waals surface area (Å²) < 4.78 is 12.9. The van der Waals surface area contributed by atoms with E-state index in [0.717, 1.165) is 30.0 Å². The lowest BCUT2D eigenvalue weighted by molar-refractivity contribution is 0.628. The van der Waals surface area contributed by atoms with Gasteiger partial charge in [-0.15, -0.1) is 0 Å². The standard InChI is InChI=1S/C15H18FN3/c1-3-8-18-13-9-15(11-17-10-13)19(2)14-6-4-12(16)5-7-14/h4-7,9-11,18H,3,8H2,1-2H3. The van der Waals surface area contributed by atoms with Crippen molar-refractivity contribution in [2.75, 3.05) is 23.8 Å². The molecule has 0 aliphatic carbocycles. The second-order valence-electron chi connectivity index (χ2n) is 4.39. The summed E-state index contributed by atoms with van der Waals surface area (Å²) in [6.45, 7) is 3.04. The van der Waals surface area contributed by atoms with Crippen LogP contribution in [0.2, 0.25) is 0 Å². The third-order valence-corrected chi connectivity index (χ3v) is 2.90. The number of nitrogens with zero attached hydrogens (tertiary/aromatic N) is 2. The first kappa shape index (κ1) is 13.3. The van der Waals surface area contributed by atoms with E-state index in [0.29, 0.717) is 0 Å². The SMILES string of the molecule is CCCNc1cncc(N(C)c2ccc(F)cc2)c1. The minimum atomic E-state index is -0.228. The molecule has 0 radical (unpaired) electrons. The number of hydrogen-bond donors (Lipinski definition) is 1. The summed E-state index contributed by atoms with van der Waals surface area (Å²) in [7, 11) is 1.94. The molecule has 0 aliphatic heterocycles. The lowest BCUT2D eigenvalue weighted by Crippen LogP contribution is -2.10. The molecule has 0 saturated heterocycles. The third-order valence-electron chi connectivity index (χ3n) is 2.90. The minimum absolute atomic E-state index is 0.228. The number of halogens is 1. The Balaban J connectivity index is 2.18. The Morgan fingerprint density at radius 1 is 1.16 bits per heavy atom. The van der Waals surface area contributed by atoms with Crippen LogP contribution in [0.1, 0.15) is 13.3 Å². The first-order valence-corrected chi connectivity index (χ1v) is 6.39. The van der Waals surface area contributed by atoms with Crippen LogP contribution < -0.4 is 10.2 Å². The number of benzene rings is 1. The zero-order chi connectivity index (χ0) is 13.7. The van der Waals surface area contributed by atoms with Crippen LogP contribution in [0.25, 0.3) is 0 Å². The van der Waals surface area contributed by atoms with Gasteiger partial charge in [-0.05, 0) is 36.8 Å². The van der Waals surface area contributed by atoms with Crippen LogP contribution in [0.3, 0.4) is 0 Å². The fourth-order valence-corrected chi connectivity index (χ4v) is 1.79. The van der Waals surface area contributed by atoms with E-state index in [9.17, 15) is 4.39 Å². The van der Waals surface area contributed by atoms with Crippen LogP contribution >= 0.6 is 0 Å². The van der Waals surface area contributed by atoms with Gasteiger partial charge in [-0.3, -0.25) is 4.98 Å². The topological polar surface area (TPSA) is 28.2 Å². The van der Waals surface area contributed by atoms with Crippen LogP contribution in [-0.2, 0) is 0 Å². The molecule has 1 heterocycles. The summed E-state index contributed by atoms with van der Waals surface area (Å²) in [5, 5.41) is 3.30. The summed E-state index contributed by atoms with van der Waals surface area (Å²) in [6, 6.07) is 8.45. The Kier molecular flexibility index (Phi) is 4.34. The Bertz CT molecular complexity index is 525. The number of rotatable bonds is 5. The van der Waals surface area contributed by atoms with Crippen LogP contribution in [0.5, 0.6) is 0 Å². The Hall–Kier alpha value is -2.10.